The monoisotopic (exact) mass is 284 g/mol. The van der Waals surface area contributed by atoms with Crippen LogP contribution >= 0.6 is 23.8 Å². The molecule has 0 atom stereocenters. The summed E-state index contributed by atoms with van der Waals surface area (Å²) in [5.74, 6) is 0.737. The number of halogens is 1. The number of nitrogens with two attached hydrogens (primary N) is 1. The van der Waals surface area contributed by atoms with Crippen molar-refractivity contribution < 1.29 is 4.74 Å². The first kappa shape index (κ1) is 13.6. The van der Waals surface area contributed by atoms with E-state index in [0.717, 1.165) is 37.2 Å². The Hall–Kier alpha value is -0.840. The van der Waals surface area contributed by atoms with Gasteiger partial charge in [0, 0.05) is 18.1 Å². The van der Waals surface area contributed by atoms with Gasteiger partial charge in [-0.15, -0.1) is 0 Å². The van der Waals surface area contributed by atoms with Crippen LogP contribution in [0.5, 0.6) is 5.75 Å². The maximum Gasteiger partial charge on any atom is 0.129 e. The highest BCUT2D eigenvalue weighted by atomic mass is 35.5. The van der Waals surface area contributed by atoms with Gasteiger partial charge in [-0.2, -0.15) is 0 Å². The quantitative estimate of drug-likeness (QED) is 0.866. The lowest BCUT2D eigenvalue weighted by Gasteiger charge is -2.29. The maximum atomic E-state index is 6.00. The largest absolute Gasteiger partial charge is 0.490 e. The van der Waals surface area contributed by atoms with Crippen molar-refractivity contribution in [3.05, 3.63) is 28.8 Å². The molecule has 1 saturated heterocycles. The van der Waals surface area contributed by atoms with E-state index in [1.165, 1.54) is 0 Å². The molecule has 1 heterocycles. The van der Waals surface area contributed by atoms with Gasteiger partial charge in [-0.25, -0.2) is 0 Å². The van der Waals surface area contributed by atoms with E-state index in [1.54, 1.807) is 12.1 Å². The van der Waals surface area contributed by atoms with Crippen molar-refractivity contribution in [3.63, 3.8) is 0 Å². The Balaban J connectivity index is 2.11. The van der Waals surface area contributed by atoms with Crippen molar-refractivity contribution >= 4 is 28.8 Å². The lowest BCUT2D eigenvalue weighted by atomic mass is 10.1. The zero-order valence-electron chi connectivity index (χ0n) is 10.4. The molecule has 0 unspecified atom stereocenters. The van der Waals surface area contributed by atoms with Gasteiger partial charge in [0.25, 0.3) is 0 Å². The maximum absolute atomic E-state index is 6.00. The van der Waals surface area contributed by atoms with E-state index in [4.69, 9.17) is 34.3 Å². The van der Waals surface area contributed by atoms with E-state index in [-0.39, 0.29) is 6.10 Å². The molecule has 0 bridgehead atoms. The van der Waals surface area contributed by atoms with Gasteiger partial charge in [-0.1, -0.05) is 23.8 Å². The Morgan fingerprint density at radius 3 is 2.72 bits per heavy atom. The molecule has 1 aromatic rings. The number of benzene rings is 1. The van der Waals surface area contributed by atoms with Gasteiger partial charge in [-0.05, 0) is 38.1 Å². The minimum Gasteiger partial charge on any atom is -0.490 e. The average Bonchev–Trinajstić information content (AvgIpc) is 2.34. The van der Waals surface area contributed by atoms with E-state index in [9.17, 15) is 0 Å². The average molecular weight is 285 g/mol. The van der Waals surface area contributed by atoms with E-state index in [2.05, 4.69) is 11.9 Å². The number of hydrogen-bond donors (Lipinski definition) is 1. The fourth-order valence-corrected chi connectivity index (χ4v) is 2.41. The number of thiocarbonyl (C=S) groups is 1. The smallest absolute Gasteiger partial charge is 0.129 e. The van der Waals surface area contributed by atoms with Crippen LogP contribution < -0.4 is 10.5 Å². The summed E-state index contributed by atoms with van der Waals surface area (Å²) in [5.41, 5.74) is 6.41. The minimum atomic E-state index is 0.232. The summed E-state index contributed by atoms with van der Waals surface area (Å²) in [7, 11) is 2.12. The molecule has 1 fully saturated rings. The summed E-state index contributed by atoms with van der Waals surface area (Å²) in [6.07, 6.45) is 2.28. The highest BCUT2D eigenvalue weighted by Crippen LogP contribution is 2.26. The third-order valence-electron chi connectivity index (χ3n) is 3.17. The zero-order chi connectivity index (χ0) is 13.1. The van der Waals surface area contributed by atoms with Gasteiger partial charge < -0.3 is 15.4 Å². The Morgan fingerprint density at radius 2 is 2.11 bits per heavy atom. The predicted molar refractivity (Wildman–Crippen MR) is 78.5 cm³/mol. The van der Waals surface area contributed by atoms with Gasteiger partial charge in [0.2, 0.25) is 0 Å². The molecule has 98 valence electrons. The van der Waals surface area contributed by atoms with E-state index < -0.39 is 0 Å². The summed E-state index contributed by atoms with van der Waals surface area (Å²) >= 11 is 11.0. The van der Waals surface area contributed by atoms with Gasteiger partial charge >= 0.3 is 0 Å². The normalized spacial score (nSPS) is 17.7. The molecule has 3 nitrogen and oxygen atoms in total. The number of ether oxygens (including phenoxy) is 1. The van der Waals surface area contributed by atoms with Crippen LogP contribution in [0.4, 0.5) is 0 Å². The van der Waals surface area contributed by atoms with Crippen LogP contribution in [0.2, 0.25) is 5.02 Å². The van der Waals surface area contributed by atoms with Gasteiger partial charge in [-0.3, -0.25) is 0 Å². The summed E-state index contributed by atoms with van der Waals surface area (Å²) in [6, 6.07) is 5.40. The number of rotatable bonds is 3. The second-order valence-corrected chi connectivity index (χ2v) is 5.50. The standard InChI is InChI=1S/C13H17ClN2OS/c1-16-6-4-10(5-7-16)17-12-3-2-9(14)8-11(12)13(15)18/h2-3,8,10H,4-7H2,1H3,(H2,15,18). The van der Waals surface area contributed by atoms with Crippen LogP contribution in [-0.2, 0) is 0 Å². The molecule has 0 spiro atoms. The molecule has 0 radical (unpaired) electrons. The van der Waals surface area contributed by atoms with E-state index in [1.807, 2.05) is 6.07 Å². The lowest BCUT2D eigenvalue weighted by Crippen LogP contribution is -2.36. The number of likely N-dealkylation sites (tertiary alicyclic amines) is 1. The van der Waals surface area contributed by atoms with Crippen molar-refractivity contribution in [2.75, 3.05) is 20.1 Å². The molecule has 1 aromatic carbocycles. The third-order valence-corrected chi connectivity index (χ3v) is 3.62. The van der Waals surface area contributed by atoms with Crippen molar-refractivity contribution in [1.82, 2.24) is 4.90 Å². The lowest BCUT2D eigenvalue weighted by molar-refractivity contribution is 0.114. The first-order valence-corrected chi connectivity index (χ1v) is 6.79. The van der Waals surface area contributed by atoms with Gasteiger partial charge in [0.1, 0.15) is 16.8 Å². The molecule has 0 saturated carbocycles. The molecular weight excluding hydrogens is 268 g/mol. The number of nitrogens with zero attached hydrogens (tertiary/aromatic N) is 1. The van der Waals surface area contributed by atoms with Crippen LogP contribution in [-0.4, -0.2) is 36.1 Å². The minimum absolute atomic E-state index is 0.232. The molecule has 0 aliphatic carbocycles. The van der Waals surface area contributed by atoms with Crippen molar-refractivity contribution in [3.8, 4) is 5.75 Å². The van der Waals surface area contributed by atoms with E-state index in [0.29, 0.717) is 10.0 Å². The molecular formula is C13H17ClN2OS. The second kappa shape index (κ2) is 5.87. The van der Waals surface area contributed by atoms with Gasteiger partial charge in [0.05, 0.1) is 5.56 Å². The zero-order valence-corrected chi connectivity index (χ0v) is 11.9. The van der Waals surface area contributed by atoms with Crippen LogP contribution in [0.3, 0.4) is 0 Å². The van der Waals surface area contributed by atoms with Crippen LogP contribution in [0, 0.1) is 0 Å². The fourth-order valence-electron chi connectivity index (χ4n) is 2.08. The molecule has 18 heavy (non-hydrogen) atoms. The first-order valence-electron chi connectivity index (χ1n) is 6.01. The fraction of sp³-hybridized carbons (Fsp3) is 0.462. The highest BCUT2D eigenvalue weighted by Gasteiger charge is 2.19. The Bertz CT molecular complexity index is 445. The van der Waals surface area contributed by atoms with Crippen molar-refractivity contribution in [2.45, 2.75) is 18.9 Å². The third kappa shape index (κ3) is 3.34. The predicted octanol–water partition coefficient (Wildman–Crippen LogP) is 2.45. The molecule has 1 aliphatic rings. The summed E-state index contributed by atoms with van der Waals surface area (Å²) < 4.78 is 6.00. The highest BCUT2D eigenvalue weighted by molar-refractivity contribution is 7.80. The second-order valence-electron chi connectivity index (χ2n) is 4.63. The van der Waals surface area contributed by atoms with Crippen LogP contribution in [0.1, 0.15) is 18.4 Å². The topological polar surface area (TPSA) is 38.5 Å². The SMILES string of the molecule is CN1CCC(Oc2ccc(Cl)cc2C(N)=S)CC1. The molecule has 2 N–H and O–H groups in total. The van der Waals surface area contributed by atoms with Gasteiger partial charge in [0.15, 0.2) is 0 Å². The first-order chi connectivity index (χ1) is 8.56. The van der Waals surface area contributed by atoms with Crippen molar-refractivity contribution in [2.24, 2.45) is 5.73 Å². The number of hydrogen-bond acceptors (Lipinski definition) is 3. The van der Waals surface area contributed by atoms with Crippen molar-refractivity contribution in [1.29, 1.82) is 0 Å². The summed E-state index contributed by atoms with van der Waals surface area (Å²) in [6.45, 7) is 2.11. The molecule has 0 amide bonds. The van der Waals surface area contributed by atoms with Crippen LogP contribution in [0.25, 0.3) is 0 Å². The van der Waals surface area contributed by atoms with Crippen LogP contribution in [0.15, 0.2) is 18.2 Å². The molecule has 5 heteroatoms. The Kier molecular flexibility index (Phi) is 4.43. The molecule has 0 aromatic heterocycles. The summed E-state index contributed by atoms with van der Waals surface area (Å²) in [5, 5.41) is 0.619. The molecule has 1 aliphatic heterocycles. The summed E-state index contributed by atoms with van der Waals surface area (Å²) in [4.78, 5) is 2.62. The van der Waals surface area contributed by atoms with E-state index >= 15 is 0 Å². The Labute approximate surface area is 118 Å². The number of piperidine rings is 1. The molecule has 2 rings (SSSR count). The Morgan fingerprint density at radius 1 is 1.44 bits per heavy atom.